The number of nitrogens with one attached hydrogen (secondary N) is 1. The van der Waals surface area contributed by atoms with Gasteiger partial charge in [0.25, 0.3) is 11.6 Å². The van der Waals surface area contributed by atoms with E-state index in [2.05, 4.69) is 10.2 Å². The molecule has 172 valence electrons. The lowest BCUT2D eigenvalue weighted by Gasteiger charge is -2.35. The summed E-state index contributed by atoms with van der Waals surface area (Å²) in [6, 6.07) is 9.99. The van der Waals surface area contributed by atoms with Gasteiger partial charge in [-0.3, -0.25) is 19.8 Å². The number of benzene rings is 2. The van der Waals surface area contributed by atoms with Crippen molar-refractivity contribution in [1.82, 2.24) is 10.2 Å². The monoisotopic (exact) mass is 445 g/mol. The molecule has 10 nitrogen and oxygen atoms in total. The van der Waals surface area contributed by atoms with E-state index in [4.69, 9.17) is 18.9 Å². The van der Waals surface area contributed by atoms with Crippen LogP contribution < -0.4 is 19.5 Å². The lowest BCUT2D eigenvalue weighted by Crippen LogP contribution is -2.43. The Balaban J connectivity index is 1.87. The van der Waals surface area contributed by atoms with Crippen molar-refractivity contribution in [3.8, 4) is 17.2 Å². The van der Waals surface area contributed by atoms with Crippen molar-refractivity contribution >= 4 is 11.6 Å². The highest BCUT2D eigenvalue weighted by molar-refractivity contribution is 5.99. The number of amides is 1. The molecular weight excluding hydrogens is 418 g/mol. The Morgan fingerprint density at radius 1 is 1.12 bits per heavy atom. The van der Waals surface area contributed by atoms with Crippen molar-refractivity contribution in [3.63, 3.8) is 0 Å². The molecule has 1 amide bonds. The fourth-order valence-electron chi connectivity index (χ4n) is 3.68. The van der Waals surface area contributed by atoms with Crippen LogP contribution in [0.4, 0.5) is 5.69 Å². The van der Waals surface area contributed by atoms with E-state index in [1.54, 1.807) is 7.11 Å². The molecule has 0 aliphatic carbocycles. The van der Waals surface area contributed by atoms with E-state index in [-0.39, 0.29) is 35.3 Å². The van der Waals surface area contributed by atoms with Crippen LogP contribution in [0.5, 0.6) is 17.2 Å². The van der Waals surface area contributed by atoms with Gasteiger partial charge in [-0.2, -0.15) is 0 Å². The molecule has 0 saturated carbocycles. The number of hydrogen-bond donors (Lipinski definition) is 1. The molecule has 1 aliphatic heterocycles. The zero-order valence-corrected chi connectivity index (χ0v) is 18.3. The van der Waals surface area contributed by atoms with Gasteiger partial charge in [-0.25, -0.2) is 0 Å². The Kier molecular flexibility index (Phi) is 7.85. The number of carbonyl (C=O) groups is 1. The van der Waals surface area contributed by atoms with Crippen LogP contribution in [0.2, 0.25) is 0 Å². The first-order chi connectivity index (χ1) is 15.5. The Bertz CT molecular complexity index is 961. The molecule has 1 atom stereocenters. The molecule has 2 aromatic rings. The third-order valence-corrected chi connectivity index (χ3v) is 5.36. The average molecular weight is 445 g/mol. The number of ether oxygens (including phenoxy) is 4. The molecule has 1 unspecified atom stereocenters. The van der Waals surface area contributed by atoms with Crippen molar-refractivity contribution in [1.29, 1.82) is 0 Å². The van der Waals surface area contributed by atoms with Gasteiger partial charge < -0.3 is 24.3 Å². The number of rotatable bonds is 9. The topological polar surface area (TPSA) is 112 Å². The summed E-state index contributed by atoms with van der Waals surface area (Å²) in [5.41, 5.74) is 0.511. The highest BCUT2D eigenvalue weighted by atomic mass is 16.6. The summed E-state index contributed by atoms with van der Waals surface area (Å²) in [5.74, 6) is 0.556. The number of morpholine rings is 1. The maximum atomic E-state index is 13.0. The van der Waals surface area contributed by atoms with Gasteiger partial charge in [0.15, 0.2) is 11.5 Å². The molecule has 1 heterocycles. The summed E-state index contributed by atoms with van der Waals surface area (Å²) in [7, 11) is 4.38. The SMILES string of the molecule is COc1cccc(C(CNC(=O)c2cc(OC)c(OC)cc2[N+](=O)[O-])N2CCOCC2)c1. The molecule has 0 bridgehead atoms. The van der Waals surface area contributed by atoms with Crippen molar-refractivity contribution in [3.05, 3.63) is 57.6 Å². The molecule has 0 aromatic heterocycles. The quantitative estimate of drug-likeness (QED) is 0.463. The van der Waals surface area contributed by atoms with E-state index in [1.807, 2.05) is 24.3 Å². The summed E-state index contributed by atoms with van der Waals surface area (Å²) in [6.07, 6.45) is 0. The van der Waals surface area contributed by atoms with E-state index in [0.29, 0.717) is 32.1 Å². The van der Waals surface area contributed by atoms with Crippen LogP contribution in [0.3, 0.4) is 0 Å². The Hall–Kier alpha value is -3.37. The first kappa shape index (κ1) is 23.3. The fourth-order valence-corrected chi connectivity index (χ4v) is 3.68. The first-order valence-electron chi connectivity index (χ1n) is 10.1. The maximum absolute atomic E-state index is 13.0. The summed E-state index contributed by atoms with van der Waals surface area (Å²) in [5, 5.41) is 14.4. The zero-order chi connectivity index (χ0) is 23.1. The van der Waals surface area contributed by atoms with Gasteiger partial charge in [-0.15, -0.1) is 0 Å². The van der Waals surface area contributed by atoms with Gasteiger partial charge in [0.1, 0.15) is 11.3 Å². The molecule has 1 aliphatic rings. The zero-order valence-electron chi connectivity index (χ0n) is 18.3. The summed E-state index contributed by atoms with van der Waals surface area (Å²) < 4.78 is 21.1. The Labute approximate surface area is 186 Å². The van der Waals surface area contributed by atoms with E-state index in [1.165, 1.54) is 26.4 Å². The van der Waals surface area contributed by atoms with E-state index < -0.39 is 10.8 Å². The molecule has 1 saturated heterocycles. The Morgan fingerprint density at radius 3 is 2.44 bits per heavy atom. The highest BCUT2D eigenvalue weighted by Crippen LogP contribution is 2.34. The van der Waals surface area contributed by atoms with E-state index in [0.717, 1.165) is 5.56 Å². The predicted molar refractivity (Wildman–Crippen MR) is 117 cm³/mol. The molecule has 32 heavy (non-hydrogen) atoms. The number of nitrogens with zero attached hydrogens (tertiary/aromatic N) is 2. The third-order valence-electron chi connectivity index (χ3n) is 5.36. The molecular formula is C22H27N3O7. The van der Waals surface area contributed by atoms with Crippen molar-refractivity contribution in [2.24, 2.45) is 0 Å². The standard InChI is InChI=1S/C22H27N3O7/c1-29-16-6-4-5-15(11-16)19(24-7-9-32-10-8-24)14-23-22(26)17-12-20(30-2)21(31-3)13-18(17)25(27)28/h4-6,11-13,19H,7-10,14H2,1-3H3,(H,23,26). The molecule has 2 aromatic carbocycles. The Morgan fingerprint density at radius 2 is 1.81 bits per heavy atom. The lowest BCUT2D eigenvalue weighted by atomic mass is 10.0. The number of methoxy groups -OCH3 is 3. The summed E-state index contributed by atoms with van der Waals surface area (Å²) >= 11 is 0. The largest absolute Gasteiger partial charge is 0.497 e. The minimum Gasteiger partial charge on any atom is -0.497 e. The lowest BCUT2D eigenvalue weighted by molar-refractivity contribution is -0.385. The van der Waals surface area contributed by atoms with Gasteiger partial charge in [0.2, 0.25) is 0 Å². The molecule has 0 radical (unpaired) electrons. The third kappa shape index (κ3) is 5.27. The van der Waals surface area contributed by atoms with Crippen LogP contribution in [0.1, 0.15) is 22.0 Å². The number of hydrogen-bond acceptors (Lipinski definition) is 8. The van der Waals surface area contributed by atoms with Gasteiger partial charge in [-0.05, 0) is 17.7 Å². The summed E-state index contributed by atoms with van der Waals surface area (Å²) in [6.45, 7) is 2.84. The van der Waals surface area contributed by atoms with Crippen LogP contribution >= 0.6 is 0 Å². The minimum absolute atomic E-state index is 0.0981. The molecule has 10 heteroatoms. The minimum atomic E-state index is -0.613. The fraction of sp³-hybridized carbons (Fsp3) is 0.409. The normalized spacial score (nSPS) is 15.0. The number of carbonyl (C=O) groups excluding carboxylic acids is 1. The smallest absolute Gasteiger partial charge is 0.286 e. The first-order valence-corrected chi connectivity index (χ1v) is 10.1. The molecule has 0 spiro atoms. The van der Waals surface area contributed by atoms with Crippen LogP contribution in [0, 0.1) is 10.1 Å². The second-order valence-corrected chi connectivity index (χ2v) is 7.13. The van der Waals surface area contributed by atoms with Gasteiger partial charge >= 0.3 is 0 Å². The molecule has 3 rings (SSSR count). The van der Waals surface area contributed by atoms with Crippen molar-refractivity contribution in [2.75, 3.05) is 54.2 Å². The van der Waals surface area contributed by atoms with E-state index >= 15 is 0 Å². The van der Waals surface area contributed by atoms with E-state index in [9.17, 15) is 14.9 Å². The van der Waals surface area contributed by atoms with Crippen LogP contribution in [0.15, 0.2) is 36.4 Å². The average Bonchev–Trinajstić information content (AvgIpc) is 2.83. The predicted octanol–water partition coefficient (Wildman–Crippen LogP) is 2.42. The maximum Gasteiger partial charge on any atom is 0.286 e. The number of nitro groups is 1. The van der Waals surface area contributed by atoms with Crippen molar-refractivity contribution < 1.29 is 28.7 Å². The molecule has 1 fully saturated rings. The summed E-state index contributed by atoms with van der Waals surface area (Å²) in [4.78, 5) is 26.2. The van der Waals surface area contributed by atoms with Crippen LogP contribution in [-0.2, 0) is 4.74 Å². The van der Waals surface area contributed by atoms with Gasteiger partial charge in [0.05, 0.1) is 51.6 Å². The van der Waals surface area contributed by atoms with Gasteiger partial charge in [-0.1, -0.05) is 12.1 Å². The second kappa shape index (κ2) is 10.8. The molecule has 1 N–H and O–H groups in total. The van der Waals surface area contributed by atoms with Crippen LogP contribution in [0.25, 0.3) is 0 Å². The van der Waals surface area contributed by atoms with Crippen LogP contribution in [-0.4, -0.2) is 69.9 Å². The number of nitro benzene ring substituents is 1. The van der Waals surface area contributed by atoms with Gasteiger partial charge in [0, 0.05) is 25.7 Å². The van der Waals surface area contributed by atoms with Crippen molar-refractivity contribution in [2.45, 2.75) is 6.04 Å². The second-order valence-electron chi connectivity index (χ2n) is 7.13. The highest BCUT2D eigenvalue weighted by Gasteiger charge is 2.27.